The Kier molecular flexibility index (Phi) is 8.00. The number of nitrogens with zero attached hydrogens (tertiary/aromatic N) is 3. The van der Waals surface area contributed by atoms with Gasteiger partial charge in [0, 0.05) is 44.5 Å². The highest BCUT2D eigenvalue weighted by Gasteiger charge is 2.19. The summed E-state index contributed by atoms with van der Waals surface area (Å²) in [6.07, 6.45) is 9.28. The van der Waals surface area contributed by atoms with Gasteiger partial charge in [-0.3, -0.25) is 0 Å². The van der Waals surface area contributed by atoms with Gasteiger partial charge in [-0.05, 0) is 88.5 Å². The zero-order valence-corrected chi connectivity index (χ0v) is 30.1. The molecule has 10 rings (SSSR count). The van der Waals surface area contributed by atoms with E-state index in [4.69, 9.17) is 14.4 Å². The van der Waals surface area contributed by atoms with Crippen LogP contribution in [0.3, 0.4) is 0 Å². The second kappa shape index (κ2) is 13.6. The molecule has 4 nitrogen and oxygen atoms in total. The Morgan fingerprint density at radius 1 is 0.509 bits per heavy atom. The molecule has 7 aromatic carbocycles. The number of benzene rings is 7. The first-order valence-corrected chi connectivity index (χ1v) is 18.6. The number of furan rings is 1. The molecule has 9 aromatic rings. The maximum atomic E-state index is 6.16. The SMILES string of the molecule is C=C1/C=C\C=C/Cc2ccccc2N1c1cccc(-c2ccc(-c3cc(-c4ccc5oc6ccccc6c5c4)nc(-c4ccccc4)n3)c3ccccc23)c1. The predicted octanol–water partition coefficient (Wildman–Crippen LogP) is 13.5. The van der Waals surface area contributed by atoms with Gasteiger partial charge in [-0.2, -0.15) is 0 Å². The van der Waals surface area contributed by atoms with Crippen molar-refractivity contribution in [3.8, 4) is 45.0 Å². The summed E-state index contributed by atoms with van der Waals surface area (Å²) in [5, 5.41) is 4.43. The van der Waals surface area contributed by atoms with Crippen LogP contribution in [0, 0.1) is 0 Å². The van der Waals surface area contributed by atoms with Crippen LogP contribution in [-0.4, -0.2) is 9.97 Å². The highest BCUT2D eigenvalue weighted by atomic mass is 16.3. The zero-order valence-electron chi connectivity index (χ0n) is 30.1. The Morgan fingerprint density at radius 2 is 1.22 bits per heavy atom. The zero-order chi connectivity index (χ0) is 36.7. The van der Waals surface area contributed by atoms with E-state index in [9.17, 15) is 0 Å². The first-order chi connectivity index (χ1) is 27.2. The van der Waals surface area contributed by atoms with Crippen LogP contribution in [0.25, 0.3) is 77.7 Å². The Hall–Kier alpha value is -7.30. The van der Waals surface area contributed by atoms with E-state index in [2.05, 4.69) is 157 Å². The second-order valence-electron chi connectivity index (χ2n) is 13.8. The van der Waals surface area contributed by atoms with Gasteiger partial charge in [-0.25, -0.2) is 9.97 Å². The number of aromatic nitrogens is 2. The van der Waals surface area contributed by atoms with E-state index < -0.39 is 0 Å². The molecule has 4 heteroatoms. The van der Waals surface area contributed by atoms with Crippen molar-refractivity contribution < 1.29 is 4.42 Å². The van der Waals surface area contributed by atoms with E-state index in [-0.39, 0.29) is 0 Å². The third kappa shape index (κ3) is 5.91. The van der Waals surface area contributed by atoms with Crippen molar-refractivity contribution in [2.45, 2.75) is 6.42 Å². The molecule has 3 heterocycles. The van der Waals surface area contributed by atoms with Crippen LogP contribution in [0.5, 0.6) is 0 Å². The minimum absolute atomic E-state index is 0.680. The number of fused-ring (bicyclic) bond motifs is 5. The number of hydrogen-bond acceptors (Lipinski definition) is 4. The van der Waals surface area contributed by atoms with E-state index in [1.54, 1.807) is 0 Å². The maximum Gasteiger partial charge on any atom is 0.160 e. The van der Waals surface area contributed by atoms with Gasteiger partial charge in [0.15, 0.2) is 5.82 Å². The molecule has 0 radical (unpaired) electrons. The van der Waals surface area contributed by atoms with Gasteiger partial charge < -0.3 is 9.32 Å². The summed E-state index contributed by atoms with van der Waals surface area (Å²) >= 11 is 0. The summed E-state index contributed by atoms with van der Waals surface area (Å²) in [5.41, 5.74) is 13.1. The first kappa shape index (κ1) is 32.4. The summed E-state index contributed by atoms with van der Waals surface area (Å²) in [5.74, 6) is 0.680. The quantitative estimate of drug-likeness (QED) is 0.179. The minimum atomic E-state index is 0.680. The van der Waals surface area contributed by atoms with Gasteiger partial charge in [0.2, 0.25) is 0 Å². The molecule has 0 unspecified atom stereocenters. The molecule has 0 fully saturated rings. The third-order valence-electron chi connectivity index (χ3n) is 10.4. The highest BCUT2D eigenvalue weighted by molar-refractivity contribution is 6.07. The Balaban J connectivity index is 1.11. The summed E-state index contributed by atoms with van der Waals surface area (Å²) in [7, 11) is 0. The van der Waals surface area contributed by atoms with Crippen molar-refractivity contribution in [2.75, 3.05) is 4.90 Å². The predicted molar refractivity (Wildman–Crippen MR) is 228 cm³/mol. The number of hydrogen-bond donors (Lipinski definition) is 0. The minimum Gasteiger partial charge on any atom is -0.456 e. The van der Waals surface area contributed by atoms with Crippen molar-refractivity contribution in [1.82, 2.24) is 9.97 Å². The van der Waals surface area contributed by atoms with Gasteiger partial charge in [-0.1, -0.05) is 140 Å². The lowest BCUT2D eigenvalue weighted by molar-refractivity contribution is 0.669. The van der Waals surface area contributed by atoms with Crippen molar-refractivity contribution in [1.29, 1.82) is 0 Å². The molecule has 260 valence electrons. The first-order valence-electron chi connectivity index (χ1n) is 18.6. The van der Waals surface area contributed by atoms with E-state index in [0.29, 0.717) is 5.82 Å². The molecule has 0 saturated heterocycles. The van der Waals surface area contributed by atoms with Crippen LogP contribution in [0.2, 0.25) is 0 Å². The maximum absolute atomic E-state index is 6.16. The van der Waals surface area contributed by atoms with Crippen LogP contribution in [-0.2, 0) is 6.42 Å². The van der Waals surface area contributed by atoms with Gasteiger partial charge in [0.1, 0.15) is 11.2 Å². The molecule has 0 N–H and O–H groups in total. The van der Waals surface area contributed by atoms with Crippen molar-refractivity contribution in [2.24, 2.45) is 0 Å². The molecular weight excluding hydrogens is 671 g/mol. The molecule has 0 spiro atoms. The van der Waals surface area contributed by atoms with Crippen LogP contribution in [0.1, 0.15) is 5.56 Å². The summed E-state index contributed by atoms with van der Waals surface area (Å²) in [6, 6.07) is 57.2. The monoisotopic (exact) mass is 705 g/mol. The highest BCUT2D eigenvalue weighted by Crippen LogP contribution is 2.40. The van der Waals surface area contributed by atoms with Crippen molar-refractivity contribution in [3.05, 3.63) is 206 Å². The lowest BCUT2D eigenvalue weighted by atomic mass is 9.93. The molecular formula is C51H35N3O. The smallest absolute Gasteiger partial charge is 0.160 e. The average Bonchev–Trinajstić information content (AvgIpc) is 3.65. The summed E-state index contributed by atoms with van der Waals surface area (Å²) < 4.78 is 6.16. The fraction of sp³-hybridized carbons (Fsp3) is 0.0196. The van der Waals surface area contributed by atoms with Gasteiger partial charge >= 0.3 is 0 Å². The van der Waals surface area contributed by atoms with Gasteiger partial charge in [0.05, 0.1) is 11.4 Å². The lowest BCUT2D eigenvalue weighted by Crippen LogP contribution is -2.16. The van der Waals surface area contributed by atoms with Gasteiger partial charge in [-0.15, -0.1) is 0 Å². The molecule has 0 amide bonds. The number of anilines is 2. The van der Waals surface area contributed by atoms with Crippen molar-refractivity contribution >= 4 is 44.1 Å². The van der Waals surface area contributed by atoms with E-state index in [1.807, 2.05) is 42.5 Å². The number of para-hydroxylation sites is 2. The van der Waals surface area contributed by atoms with E-state index in [1.165, 1.54) is 5.56 Å². The normalized spacial score (nSPS) is 14.0. The lowest BCUT2D eigenvalue weighted by Gasteiger charge is -2.28. The largest absolute Gasteiger partial charge is 0.456 e. The average molecular weight is 706 g/mol. The van der Waals surface area contributed by atoms with Crippen LogP contribution in [0.15, 0.2) is 205 Å². The van der Waals surface area contributed by atoms with Crippen LogP contribution >= 0.6 is 0 Å². The fourth-order valence-electron chi connectivity index (χ4n) is 7.80. The number of allylic oxidation sites excluding steroid dienone is 4. The van der Waals surface area contributed by atoms with E-state index in [0.717, 1.165) is 95.4 Å². The molecule has 1 aliphatic heterocycles. The molecule has 0 bridgehead atoms. The number of rotatable bonds is 5. The molecule has 55 heavy (non-hydrogen) atoms. The fourth-order valence-corrected chi connectivity index (χ4v) is 7.80. The van der Waals surface area contributed by atoms with Crippen LogP contribution < -0.4 is 4.90 Å². The molecule has 1 aliphatic rings. The molecule has 2 aromatic heterocycles. The molecule has 0 saturated carbocycles. The second-order valence-corrected chi connectivity index (χ2v) is 13.8. The topological polar surface area (TPSA) is 42.2 Å². The standard InChI is InChI=1S/C51H35N3O/c1-34-15-4-2-5-16-35-17-8-12-25-48(35)54(34)39-21-14-20-37(31-39)40-28-29-43(42-23-10-9-22-41(40)42)47-33-46(52-51(53-47)36-18-6-3-7-19-36)38-27-30-50-45(32-38)44-24-11-13-26-49(44)55-50/h2-15,17-33H,1,16H2/b5-2-,15-4-. The van der Waals surface area contributed by atoms with Crippen LogP contribution in [0.4, 0.5) is 11.4 Å². The Bertz CT molecular complexity index is 2990. The molecule has 0 atom stereocenters. The Labute approximate surface area is 319 Å². The Morgan fingerprint density at radius 3 is 2.11 bits per heavy atom. The summed E-state index contributed by atoms with van der Waals surface area (Å²) in [4.78, 5) is 12.6. The third-order valence-corrected chi connectivity index (χ3v) is 10.4. The van der Waals surface area contributed by atoms with Gasteiger partial charge in [0.25, 0.3) is 0 Å². The summed E-state index contributed by atoms with van der Waals surface area (Å²) in [6.45, 7) is 4.48. The van der Waals surface area contributed by atoms with E-state index >= 15 is 0 Å². The van der Waals surface area contributed by atoms with Crippen molar-refractivity contribution in [3.63, 3.8) is 0 Å². The molecule has 0 aliphatic carbocycles.